The number of fused-ring (bicyclic) bond motifs is 1. The van der Waals surface area contributed by atoms with Gasteiger partial charge in [0.1, 0.15) is 18.1 Å². The van der Waals surface area contributed by atoms with Crippen LogP contribution in [-0.4, -0.2) is 56.9 Å². The first kappa shape index (κ1) is 34.0. The van der Waals surface area contributed by atoms with Gasteiger partial charge < -0.3 is 28.0 Å². The molecule has 0 aliphatic carbocycles. The number of sulfonamides is 1. The molecule has 4 aromatic rings. The molecule has 2 N–H and O–H groups in total. The first-order chi connectivity index (χ1) is 20.3. The molecule has 1 unspecified atom stereocenters. The molecule has 0 bridgehead atoms. The van der Waals surface area contributed by atoms with Crippen molar-refractivity contribution in [1.29, 1.82) is 0 Å². The fraction of sp³-hybridized carbons (Fsp3) is 0.345. The first-order valence-electron chi connectivity index (χ1n) is 13.1. The Kier molecular flexibility index (Phi) is 12.1. The van der Waals surface area contributed by atoms with Crippen molar-refractivity contribution >= 4 is 73.9 Å². The molecule has 2 aromatic heterocycles. The molecule has 0 aliphatic heterocycles. The number of anilines is 2. The van der Waals surface area contributed by atoms with Crippen LogP contribution in [0.5, 0.6) is 11.5 Å². The summed E-state index contributed by atoms with van der Waals surface area (Å²) in [5.41, 5.74) is 2.73. The van der Waals surface area contributed by atoms with Crippen molar-refractivity contribution < 1.29 is 31.7 Å². The number of rotatable bonds is 13. The van der Waals surface area contributed by atoms with Gasteiger partial charge in [-0.2, -0.15) is 0 Å². The normalized spacial score (nSPS) is 12.1. The topological polar surface area (TPSA) is 138 Å². The van der Waals surface area contributed by atoms with Crippen LogP contribution in [0.4, 0.5) is 11.6 Å². The second-order valence-electron chi connectivity index (χ2n) is 9.98. The summed E-state index contributed by atoms with van der Waals surface area (Å²) in [6.07, 6.45) is 1.94. The Morgan fingerprint density at radius 1 is 1.09 bits per heavy atom. The summed E-state index contributed by atoms with van der Waals surface area (Å²) in [6, 6.07) is 8.90. The van der Waals surface area contributed by atoms with E-state index in [1.54, 1.807) is 24.3 Å². The SMILES string of the molecule is C=c1onc(NS(=C)C)c1=C.COCCS(=O)(=O)Nc1noc2cc(COc3ccc(OCC(C)C)c(Cl)c3)c(C)cc12. The maximum Gasteiger partial charge on any atom is 0.236 e. The Morgan fingerprint density at radius 3 is 2.42 bits per heavy atom. The van der Waals surface area contributed by atoms with Crippen LogP contribution in [0.1, 0.15) is 25.0 Å². The van der Waals surface area contributed by atoms with Crippen LogP contribution in [0.3, 0.4) is 0 Å². The lowest BCUT2D eigenvalue weighted by atomic mass is 10.1. The zero-order valence-electron chi connectivity index (χ0n) is 24.9. The molecule has 2 heterocycles. The predicted molar refractivity (Wildman–Crippen MR) is 175 cm³/mol. The highest BCUT2D eigenvalue weighted by molar-refractivity contribution is 8.14. The molecule has 11 nitrogen and oxygen atoms in total. The standard InChI is InChI=1S/C22H27ClN2O6S.C7H10N2OS/c1-14(2)12-30-20-6-5-17(11-19(20)23)29-13-16-10-21-18(9-15(16)3)22(24-31-21)25-32(26,27)8-7-28-4;1-5-6(2)10-8-7(5)9-11(3)4/h5-6,9-11,14H,7-8,12-13H2,1-4H3,(H,24,25);1-3H2,4H3,(H,8,9). The molecule has 4 rings (SSSR count). The van der Waals surface area contributed by atoms with E-state index in [0.29, 0.717) is 56.5 Å². The van der Waals surface area contributed by atoms with E-state index in [1.807, 2.05) is 19.2 Å². The monoisotopic (exact) mass is 652 g/mol. The number of methoxy groups -OCH3 is 1. The summed E-state index contributed by atoms with van der Waals surface area (Å²) in [4.78, 5) is 0. The molecule has 0 amide bonds. The van der Waals surface area contributed by atoms with Crippen LogP contribution in [0.25, 0.3) is 24.1 Å². The van der Waals surface area contributed by atoms with Gasteiger partial charge in [0.05, 0.1) is 34.6 Å². The zero-order valence-corrected chi connectivity index (χ0v) is 27.2. The van der Waals surface area contributed by atoms with E-state index in [0.717, 1.165) is 11.1 Å². The van der Waals surface area contributed by atoms with Crippen molar-refractivity contribution in [3.8, 4) is 11.5 Å². The Bertz CT molecular complexity index is 1770. The quantitative estimate of drug-likeness (QED) is 0.191. The minimum absolute atomic E-state index is 0.0838. The van der Waals surface area contributed by atoms with Gasteiger partial charge in [-0.25, -0.2) is 8.42 Å². The van der Waals surface area contributed by atoms with E-state index in [4.69, 9.17) is 34.9 Å². The number of aryl methyl sites for hydroxylation is 1. The molecule has 234 valence electrons. The van der Waals surface area contributed by atoms with E-state index in [1.165, 1.54) is 7.11 Å². The highest BCUT2D eigenvalue weighted by Crippen LogP contribution is 2.31. The number of halogens is 1. The van der Waals surface area contributed by atoms with E-state index in [2.05, 4.69) is 52.6 Å². The summed E-state index contributed by atoms with van der Waals surface area (Å²) < 4.78 is 56.2. The average Bonchev–Trinajstić information content (AvgIpc) is 3.46. The summed E-state index contributed by atoms with van der Waals surface area (Å²) >= 11 is 6.30. The van der Waals surface area contributed by atoms with E-state index in [-0.39, 0.29) is 35.5 Å². The van der Waals surface area contributed by atoms with Crippen molar-refractivity contribution in [1.82, 2.24) is 10.3 Å². The summed E-state index contributed by atoms with van der Waals surface area (Å²) in [6.45, 7) is 14.3. The van der Waals surface area contributed by atoms with Gasteiger partial charge in [-0.1, -0.05) is 54.8 Å². The smallest absolute Gasteiger partial charge is 0.236 e. The summed E-state index contributed by atoms with van der Waals surface area (Å²) in [5, 5.41) is 9.33. The van der Waals surface area contributed by atoms with Gasteiger partial charge in [-0.05, 0) is 54.5 Å². The molecule has 0 saturated carbocycles. The molecule has 1 atom stereocenters. The van der Waals surface area contributed by atoms with Crippen LogP contribution in [0.15, 0.2) is 39.4 Å². The average molecular weight is 653 g/mol. The largest absolute Gasteiger partial charge is 0.492 e. The number of hydrogen-bond donors (Lipinski definition) is 2. The van der Waals surface area contributed by atoms with Crippen LogP contribution < -0.4 is 29.6 Å². The molecule has 0 radical (unpaired) electrons. The van der Waals surface area contributed by atoms with Crippen LogP contribution >= 0.6 is 22.3 Å². The highest BCUT2D eigenvalue weighted by atomic mass is 35.5. The third kappa shape index (κ3) is 10.0. The van der Waals surface area contributed by atoms with Gasteiger partial charge in [0.25, 0.3) is 0 Å². The fourth-order valence-corrected chi connectivity index (χ4v) is 5.09. The van der Waals surface area contributed by atoms with Crippen molar-refractivity contribution in [3.05, 3.63) is 57.1 Å². The number of nitrogens with zero attached hydrogens (tertiary/aromatic N) is 2. The van der Waals surface area contributed by atoms with Crippen molar-refractivity contribution in [3.63, 3.8) is 0 Å². The molecule has 0 saturated heterocycles. The second kappa shape index (κ2) is 15.3. The Morgan fingerprint density at radius 2 is 1.81 bits per heavy atom. The van der Waals surface area contributed by atoms with Gasteiger partial charge in [-0.3, -0.25) is 4.72 Å². The molecular formula is C29H37ClN4O7S2. The summed E-state index contributed by atoms with van der Waals surface area (Å²) in [5.74, 6) is 6.01. The van der Waals surface area contributed by atoms with Gasteiger partial charge in [0.15, 0.2) is 22.6 Å². The number of hydrogen-bond acceptors (Lipinski definition) is 10. The fourth-order valence-electron chi connectivity index (χ4n) is 3.45. The molecule has 43 heavy (non-hydrogen) atoms. The molecule has 2 aromatic carbocycles. The minimum Gasteiger partial charge on any atom is -0.492 e. The minimum atomic E-state index is -3.59. The summed E-state index contributed by atoms with van der Waals surface area (Å²) in [7, 11) is -2.30. The maximum atomic E-state index is 12.1. The van der Waals surface area contributed by atoms with E-state index in [9.17, 15) is 8.42 Å². The van der Waals surface area contributed by atoms with E-state index >= 15 is 0 Å². The molecule has 14 heteroatoms. The predicted octanol–water partition coefficient (Wildman–Crippen LogP) is 4.94. The van der Waals surface area contributed by atoms with Gasteiger partial charge in [0.2, 0.25) is 10.0 Å². The zero-order chi connectivity index (χ0) is 31.7. The lowest BCUT2D eigenvalue weighted by Gasteiger charge is -2.13. The van der Waals surface area contributed by atoms with Gasteiger partial charge in [0, 0.05) is 13.2 Å². The van der Waals surface area contributed by atoms with Crippen molar-refractivity contribution in [2.24, 2.45) is 5.92 Å². The maximum absolute atomic E-state index is 12.1. The lowest BCUT2D eigenvalue weighted by molar-refractivity contribution is 0.217. The third-order valence-corrected chi connectivity index (χ3v) is 7.79. The van der Waals surface area contributed by atoms with Crippen molar-refractivity contribution in [2.45, 2.75) is 27.4 Å². The number of aromatic nitrogens is 2. The second-order valence-corrected chi connectivity index (χ2v) is 13.7. The molecule has 0 spiro atoms. The first-order valence-corrected chi connectivity index (χ1v) is 16.9. The van der Waals surface area contributed by atoms with E-state index < -0.39 is 10.0 Å². The van der Waals surface area contributed by atoms with Gasteiger partial charge >= 0.3 is 0 Å². The van der Waals surface area contributed by atoms with Gasteiger partial charge in [-0.15, -0.1) is 10.7 Å². The number of ether oxygens (including phenoxy) is 3. The molecular weight excluding hydrogens is 616 g/mol. The highest BCUT2D eigenvalue weighted by Gasteiger charge is 2.17. The molecule has 0 aliphatic rings. The van der Waals surface area contributed by atoms with Crippen LogP contribution in [-0.2, 0) is 21.4 Å². The Balaban J connectivity index is 0.000000386. The van der Waals surface area contributed by atoms with Crippen molar-refractivity contribution in [2.75, 3.05) is 41.8 Å². The lowest BCUT2D eigenvalue weighted by Crippen LogP contribution is -2.20. The Hall–Kier alpha value is -3.52. The Labute approximate surface area is 258 Å². The van der Waals surface area contributed by atoms with Crippen LogP contribution in [0, 0.1) is 12.8 Å². The molecule has 0 fully saturated rings. The van der Waals surface area contributed by atoms with Crippen LogP contribution in [0.2, 0.25) is 5.02 Å². The number of nitrogens with one attached hydrogen (secondary N) is 2. The number of benzene rings is 2. The third-order valence-electron chi connectivity index (χ3n) is 5.75.